The minimum atomic E-state index is -0.706. The Balaban J connectivity index is 1.52. The summed E-state index contributed by atoms with van der Waals surface area (Å²) in [5, 5.41) is 13.2. The van der Waals surface area contributed by atoms with Crippen LogP contribution in [0.4, 0.5) is 5.69 Å². The van der Waals surface area contributed by atoms with Gasteiger partial charge in [-0.25, -0.2) is 0 Å². The van der Waals surface area contributed by atoms with Gasteiger partial charge in [-0.3, -0.25) is 14.5 Å². The zero-order valence-corrected chi connectivity index (χ0v) is 20.8. The van der Waals surface area contributed by atoms with Crippen LogP contribution >= 0.6 is 11.3 Å². The number of nitrogens with zero attached hydrogens (tertiary/aromatic N) is 1. The minimum Gasteiger partial charge on any atom is -0.507 e. The van der Waals surface area contributed by atoms with Gasteiger partial charge in [-0.1, -0.05) is 54.1 Å². The molecular weight excluding hydrogens is 470 g/mol. The zero-order chi connectivity index (χ0) is 25.2. The number of hydrogen-bond donors (Lipinski definition) is 1. The Hall–Kier alpha value is -4.16. The van der Waals surface area contributed by atoms with E-state index in [0.717, 1.165) is 21.6 Å². The smallest absolute Gasteiger partial charge is 0.300 e. The number of Topliss-reactive ketones (excluding diaryl/α,β-unsaturated/α-hetero) is 1. The maximum Gasteiger partial charge on any atom is 0.300 e. The van der Waals surface area contributed by atoms with Gasteiger partial charge in [0, 0.05) is 16.1 Å². The fourth-order valence-corrected chi connectivity index (χ4v) is 5.19. The lowest BCUT2D eigenvalue weighted by Gasteiger charge is -2.24. The highest BCUT2D eigenvalue weighted by molar-refractivity contribution is 7.10. The molecule has 3 aromatic carbocycles. The molecule has 1 fully saturated rings. The summed E-state index contributed by atoms with van der Waals surface area (Å²) in [6.45, 7) is 4.27. The van der Waals surface area contributed by atoms with E-state index in [1.807, 2.05) is 86.0 Å². The molecule has 180 valence electrons. The Kier molecular flexibility index (Phi) is 6.44. The van der Waals surface area contributed by atoms with Crippen molar-refractivity contribution < 1.29 is 19.4 Å². The van der Waals surface area contributed by atoms with Crippen LogP contribution in [-0.2, 0) is 16.2 Å². The molecule has 1 amide bonds. The molecule has 6 heteroatoms. The molecule has 2 heterocycles. The number of carbonyl (C=O) groups excluding carboxylic acids is 2. The number of ketones is 1. The summed E-state index contributed by atoms with van der Waals surface area (Å²) in [4.78, 5) is 28.7. The summed E-state index contributed by atoms with van der Waals surface area (Å²) in [6, 6.07) is 25.6. The fourth-order valence-electron chi connectivity index (χ4n) is 4.37. The van der Waals surface area contributed by atoms with Crippen LogP contribution in [0, 0.1) is 13.8 Å². The van der Waals surface area contributed by atoms with E-state index in [2.05, 4.69) is 0 Å². The molecule has 4 aromatic rings. The Bertz CT molecular complexity index is 1440. The summed E-state index contributed by atoms with van der Waals surface area (Å²) < 4.78 is 5.96. The van der Waals surface area contributed by atoms with Crippen molar-refractivity contribution in [1.82, 2.24) is 0 Å². The summed E-state index contributed by atoms with van der Waals surface area (Å²) in [5.41, 5.74) is 4.07. The predicted octanol–water partition coefficient (Wildman–Crippen LogP) is 6.57. The highest BCUT2D eigenvalue weighted by atomic mass is 32.1. The average molecular weight is 496 g/mol. The van der Waals surface area contributed by atoms with Gasteiger partial charge in [-0.15, -0.1) is 11.3 Å². The van der Waals surface area contributed by atoms with Gasteiger partial charge in [-0.05, 0) is 66.8 Å². The van der Waals surface area contributed by atoms with Crippen LogP contribution in [-0.4, -0.2) is 16.8 Å². The van der Waals surface area contributed by atoms with Gasteiger partial charge in [0.2, 0.25) is 0 Å². The van der Waals surface area contributed by atoms with E-state index in [0.29, 0.717) is 23.6 Å². The fraction of sp³-hybridized carbons (Fsp3) is 0.133. The molecule has 1 N–H and O–H groups in total. The monoisotopic (exact) mass is 495 g/mol. The summed E-state index contributed by atoms with van der Waals surface area (Å²) in [6.07, 6.45) is 0. The third-order valence-corrected chi connectivity index (χ3v) is 7.18. The van der Waals surface area contributed by atoms with Gasteiger partial charge in [0.25, 0.3) is 11.7 Å². The number of thiophene rings is 1. The van der Waals surface area contributed by atoms with Crippen LogP contribution in [0.25, 0.3) is 5.76 Å². The number of aryl methyl sites for hydroxylation is 2. The molecule has 1 unspecified atom stereocenters. The van der Waals surface area contributed by atoms with E-state index < -0.39 is 17.7 Å². The molecule has 36 heavy (non-hydrogen) atoms. The molecule has 0 saturated carbocycles. The van der Waals surface area contributed by atoms with Crippen LogP contribution in [0.2, 0.25) is 0 Å². The van der Waals surface area contributed by atoms with E-state index in [1.165, 1.54) is 16.2 Å². The maximum absolute atomic E-state index is 13.3. The van der Waals surface area contributed by atoms with E-state index >= 15 is 0 Å². The number of ether oxygens (including phenoxy) is 1. The molecule has 5 nitrogen and oxygen atoms in total. The molecule has 1 saturated heterocycles. The molecule has 0 spiro atoms. The van der Waals surface area contributed by atoms with Crippen LogP contribution in [0.1, 0.15) is 33.2 Å². The van der Waals surface area contributed by atoms with Crippen LogP contribution in [0.15, 0.2) is 95.9 Å². The van der Waals surface area contributed by atoms with E-state index in [4.69, 9.17) is 4.74 Å². The molecule has 1 aliphatic rings. The second-order valence-corrected chi connectivity index (χ2v) is 9.75. The van der Waals surface area contributed by atoms with E-state index in [1.54, 1.807) is 18.2 Å². The standard InChI is InChI=1S/C30H25NO4S/c1-19-10-13-23(14-11-19)31-27(25-9-6-16-36-25)26(29(33)30(31)34)28(32)22-12-15-24(20(2)17-22)35-18-21-7-4-3-5-8-21/h3-17,27,32H,18H2,1-2H3/b28-26-. The van der Waals surface area contributed by atoms with Crippen molar-refractivity contribution in [3.8, 4) is 5.75 Å². The average Bonchev–Trinajstić information content (AvgIpc) is 3.51. The molecule has 0 aliphatic carbocycles. The molecule has 0 radical (unpaired) electrons. The number of anilines is 1. The zero-order valence-electron chi connectivity index (χ0n) is 20.0. The maximum atomic E-state index is 13.3. The summed E-state index contributed by atoms with van der Waals surface area (Å²) in [5.74, 6) is -0.865. The van der Waals surface area contributed by atoms with Gasteiger partial charge in [0.05, 0.1) is 5.57 Å². The first-order valence-electron chi connectivity index (χ1n) is 11.6. The number of amides is 1. The lowest BCUT2D eigenvalue weighted by atomic mass is 9.98. The Morgan fingerprint density at radius 1 is 0.944 bits per heavy atom. The number of rotatable bonds is 6. The van der Waals surface area contributed by atoms with Crippen LogP contribution in [0.5, 0.6) is 5.75 Å². The molecule has 5 rings (SSSR count). The number of aliphatic hydroxyl groups excluding tert-OH is 1. The lowest BCUT2D eigenvalue weighted by Crippen LogP contribution is -2.29. The van der Waals surface area contributed by atoms with Crippen molar-refractivity contribution in [3.05, 3.63) is 123 Å². The quantitative estimate of drug-likeness (QED) is 0.187. The van der Waals surface area contributed by atoms with Crippen LogP contribution in [0.3, 0.4) is 0 Å². The molecule has 1 aliphatic heterocycles. The number of carbonyl (C=O) groups is 2. The van der Waals surface area contributed by atoms with Crippen molar-refractivity contribution >= 4 is 34.5 Å². The van der Waals surface area contributed by atoms with Gasteiger partial charge >= 0.3 is 0 Å². The number of aliphatic hydroxyl groups is 1. The Morgan fingerprint density at radius 3 is 2.36 bits per heavy atom. The van der Waals surface area contributed by atoms with E-state index in [-0.39, 0.29) is 11.3 Å². The largest absolute Gasteiger partial charge is 0.507 e. The van der Waals surface area contributed by atoms with Gasteiger partial charge in [0.1, 0.15) is 24.2 Å². The Labute approximate surface area is 213 Å². The van der Waals surface area contributed by atoms with Crippen molar-refractivity contribution in [2.45, 2.75) is 26.5 Å². The van der Waals surface area contributed by atoms with Crippen molar-refractivity contribution in [2.24, 2.45) is 0 Å². The molecular formula is C30H25NO4S. The van der Waals surface area contributed by atoms with Crippen LogP contribution < -0.4 is 9.64 Å². The van der Waals surface area contributed by atoms with Crippen molar-refractivity contribution in [3.63, 3.8) is 0 Å². The molecule has 1 atom stereocenters. The normalized spacial score (nSPS) is 16.9. The third-order valence-electron chi connectivity index (χ3n) is 6.25. The third kappa shape index (κ3) is 4.43. The Morgan fingerprint density at radius 2 is 1.69 bits per heavy atom. The minimum absolute atomic E-state index is 0.0837. The SMILES string of the molecule is Cc1ccc(N2C(=O)C(=O)/C(=C(\O)c3ccc(OCc4ccccc4)c(C)c3)C2c2cccs2)cc1. The number of hydrogen-bond acceptors (Lipinski definition) is 5. The molecule has 0 bridgehead atoms. The lowest BCUT2D eigenvalue weighted by molar-refractivity contribution is -0.132. The first kappa shape index (κ1) is 23.6. The van der Waals surface area contributed by atoms with Crippen molar-refractivity contribution in [2.75, 3.05) is 4.90 Å². The highest BCUT2D eigenvalue weighted by Crippen LogP contribution is 2.43. The second kappa shape index (κ2) is 9.84. The number of benzene rings is 3. The molecule has 1 aromatic heterocycles. The second-order valence-electron chi connectivity index (χ2n) is 8.77. The van der Waals surface area contributed by atoms with Gasteiger partial charge in [-0.2, -0.15) is 0 Å². The topological polar surface area (TPSA) is 66.8 Å². The van der Waals surface area contributed by atoms with Gasteiger partial charge in [0.15, 0.2) is 0 Å². The first-order valence-corrected chi connectivity index (χ1v) is 12.5. The predicted molar refractivity (Wildman–Crippen MR) is 142 cm³/mol. The van der Waals surface area contributed by atoms with Crippen molar-refractivity contribution in [1.29, 1.82) is 0 Å². The highest BCUT2D eigenvalue weighted by Gasteiger charge is 2.47. The summed E-state index contributed by atoms with van der Waals surface area (Å²) >= 11 is 1.44. The van der Waals surface area contributed by atoms with E-state index in [9.17, 15) is 14.7 Å². The first-order chi connectivity index (χ1) is 17.4. The van der Waals surface area contributed by atoms with Gasteiger partial charge < -0.3 is 9.84 Å². The summed E-state index contributed by atoms with van der Waals surface area (Å²) in [7, 11) is 0.